The monoisotopic (exact) mass is 353 g/mol. The van der Waals surface area contributed by atoms with Crippen LogP contribution in [-0.4, -0.2) is 19.1 Å². The van der Waals surface area contributed by atoms with Crippen LogP contribution in [0.2, 0.25) is 0 Å². The van der Waals surface area contributed by atoms with Crippen molar-refractivity contribution in [3.05, 3.63) is 42.0 Å². The zero-order chi connectivity index (χ0) is 18.3. The summed E-state index contributed by atoms with van der Waals surface area (Å²) in [6.07, 6.45) is 3.99. The molecule has 1 fully saturated rings. The quantitative estimate of drug-likeness (QED) is 0.635. The van der Waals surface area contributed by atoms with Gasteiger partial charge in [-0.1, -0.05) is 18.2 Å². The average molecular weight is 353 g/mol. The third kappa shape index (κ3) is 5.79. The molecule has 0 bridgehead atoms. The first kappa shape index (κ1) is 19.3. The first-order valence-electron chi connectivity index (χ1n) is 8.33. The van der Waals surface area contributed by atoms with Crippen LogP contribution in [-0.2, 0) is 4.74 Å². The van der Waals surface area contributed by atoms with Gasteiger partial charge < -0.3 is 9.47 Å². The molecule has 2 rings (SSSR count). The molecule has 0 aromatic heterocycles. The standard InChI is InChI=1S/C19H22F3NO2/c1-24-18(11-3-2-4-14-23)12-9-16(10-13-18)15-5-7-17(8-6-15)25-19(20,21)22/h2,4-8,16H,3,9-13H2,1H3. The Hall–Kier alpha value is -2.00. The normalized spacial score (nSPS) is 24.2. The molecule has 1 aromatic carbocycles. The number of alkyl halides is 3. The van der Waals surface area contributed by atoms with Gasteiger partial charge in [0.25, 0.3) is 0 Å². The molecule has 1 aromatic rings. The van der Waals surface area contributed by atoms with E-state index in [9.17, 15) is 13.2 Å². The zero-order valence-electron chi connectivity index (χ0n) is 14.2. The molecule has 0 amide bonds. The molecule has 1 aliphatic carbocycles. The van der Waals surface area contributed by atoms with Crippen molar-refractivity contribution in [1.82, 2.24) is 0 Å². The van der Waals surface area contributed by atoms with E-state index in [1.165, 1.54) is 18.2 Å². The minimum absolute atomic E-state index is 0.171. The van der Waals surface area contributed by atoms with Crippen LogP contribution < -0.4 is 4.74 Å². The van der Waals surface area contributed by atoms with Crippen LogP contribution in [0.1, 0.15) is 50.0 Å². The van der Waals surface area contributed by atoms with Crippen LogP contribution in [0.15, 0.2) is 36.4 Å². The zero-order valence-corrected chi connectivity index (χ0v) is 14.2. The second-order valence-corrected chi connectivity index (χ2v) is 6.35. The van der Waals surface area contributed by atoms with Crippen LogP contribution in [0.25, 0.3) is 0 Å². The minimum Gasteiger partial charge on any atom is -0.406 e. The van der Waals surface area contributed by atoms with Crippen LogP contribution in [0.3, 0.4) is 0 Å². The summed E-state index contributed by atoms with van der Waals surface area (Å²) in [5, 5.41) is 8.53. The first-order valence-corrected chi connectivity index (χ1v) is 8.33. The number of benzene rings is 1. The Balaban J connectivity index is 1.92. The number of methoxy groups -OCH3 is 1. The summed E-state index contributed by atoms with van der Waals surface area (Å²) in [6, 6.07) is 8.14. The Bertz CT molecular complexity index is 609. The molecule has 1 aliphatic rings. The van der Waals surface area contributed by atoms with E-state index in [1.54, 1.807) is 19.2 Å². The lowest BCUT2D eigenvalue weighted by atomic mass is 9.74. The molecule has 0 radical (unpaired) electrons. The van der Waals surface area contributed by atoms with E-state index in [0.29, 0.717) is 5.92 Å². The van der Waals surface area contributed by atoms with Crippen molar-refractivity contribution in [3.8, 4) is 11.8 Å². The lowest BCUT2D eigenvalue weighted by molar-refractivity contribution is -0.274. The lowest BCUT2D eigenvalue weighted by Crippen LogP contribution is -2.35. The molecule has 0 aliphatic heterocycles. The topological polar surface area (TPSA) is 42.2 Å². The predicted molar refractivity (Wildman–Crippen MR) is 88.1 cm³/mol. The molecule has 0 saturated heterocycles. The third-order valence-electron chi connectivity index (χ3n) is 4.87. The Morgan fingerprint density at radius 1 is 1.24 bits per heavy atom. The molecule has 3 nitrogen and oxygen atoms in total. The Morgan fingerprint density at radius 3 is 2.40 bits per heavy atom. The Morgan fingerprint density at radius 2 is 1.88 bits per heavy atom. The molecular formula is C19H22F3NO2. The summed E-state index contributed by atoms with van der Waals surface area (Å²) in [6.45, 7) is 0. The molecule has 6 heteroatoms. The fourth-order valence-electron chi connectivity index (χ4n) is 3.46. The fourth-order valence-corrected chi connectivity index (χ4v) is 3.46. The smallest absolute Gasteiger partial charge is 0.406 e. The van der Waals surface area contributed by atoms with Crippen LogP contribution in [0, 0.1) is 11.3 Å². The van der Waals surface area contributed by atoms with Gasteiger partial charge in [-0.15, -0.1) is 13.2 Å². The van der Waals surface area contributed by atoms with E-state index in [4.69, 9.17) is 10.00 Å². The summed E-state index contributed by atoms with van der Waals surface area (Å²) in [4.78, 5) is 0. The van der Waals surface area contributed by atoms with Crippen molar-refractivity contribution in [2.75, 3.05) is 7.11 Å². The van der Waals surface area contributed by atoms with Crippen LogP contribution in [0.4, 0.5) is 13.2 Å². The maximum Gasteiger partial charge on any atom is 0.573 e. The van der Waals surface area contributed by atoms with Crippen molar-refractivity contribution < 1.29 is 22.6 Å². The van der Waals surface area contributed by atoms with Gasteiger partial charge in [-0.05, 0) is 62.1 Å². The van der Waals surface area contributed by atoms with Crippen LogP contribution in [0.5, 0.6) is 5.75 Å². The second kappa shape index (κ2) is 8.39. The van der Waals surface area contributed by atoms with E-state index in [1.807, 2.05) is 12.1 Å². The van der Waals surface area contributed by atoms with Gasteiger partial charge in [-0.25, -0.2) is 0 Å². The highest BCUT2D eigenvalue weighted by atomic mass is 19.4. The van der Waals surface area contributed by atoms with Gasteiger partial charge in [0.05, 0.1) is 11.7 Å². The van der Waals surface area contributed by atoms with Crippen molar-refractivity contribution in [2.45, 2.75) is 56.4 Å². The summed E-state index contributed by atoms with van der Waals surface area (Å²) >= 11 is 0. The summed E-state index contributed by atoms with van der Waals surface area (Å²) in [7, 11) is 1.72. The Kier molecular flexibility index (Phi) is 6.49. The van der Waals surface area contributed by atoms with Gasteiger partial charge in [0.2, 0.25) is 0 Å². The molecule has 0 unspecified atom stereocenters. The Labute approximate surface area is 146 Å². The predicted octanol–water partition coefficient (Wildman–Crippen LogP) is 5.49. The number of nitrogens with zero attached hydrogens (tertiary/aromatic N) is 1. The minimum atomic E-state index is -4.66. The van der Waals surface area contributed by atoms with E-state index in [0.717, 1.165) is 44.1 Å². The largest absolute Gasteiger partial charge is 0.573 e. The number of halogens is 3. The van der Waals surface area contributed by atoms with Crippen molar-refractivity contribution in [2.24, 2.45) is 0 Å². The maximum absolute atomic E-state index is 12.2. The number of hydrogen-bond donors (Lipinski definition) is 0. The van der Waals surface area contributed by atoms with E-state index >= 15 is 0 Å². The highest BCUT2D eigenvalue weighted by Crippen LogP contribution is 2.42. The molecule has 136 valence electrons. The van der Waals surface area contributed by atoms with Crippen LogP contribution >= 0.6 is 0 Å². The third-order valence-corrected chi connectivity index (χ3v) is 4.87. The lowest BCUT2D eigenvalue weighted by Gasteiger charge is -2.39. The molecular weight excluding hydrogens is 331 g/mol. The molecule has 0 atom stereocenters. The highest BCUT2D eigenvalue weighted by Gasteiger charge is 2.35. The van der Waals surface area contributed by atoms with Crippen molar-refractivity contribution in [1.29, 1.82) is 5.26 Å². The van der Waals surface area contributed by atoms with Gasteiger partial charge >= 0.3 is 6.36 Å². The second-order valence-electron chi connectivity index (χ2n) is 6.35. The summed E-state index contributed by atoms with van der Waals surface area (Å²) in [5.74, 6) is 0.125. The van der Waals surface area contributed by atoms with E-state index in [-0.39, 0.29) is 11.4 Å². The van der Waals surface area contributed by atoms with Crippen molar-refractivity contribution >= 4 is 0 Å². The van der Waals surface area contributed by atoms with E-state index in [2.05, 4.69) is 4.74 Å². The van der Waals surface area contributed by atoms with E-state index < -0.39 is 6.36 Å². The maximum atomic E-state index is 12.2. The molecule has 25 heavy (non-hydrogen) atoms. The molecule has 0 heterocycles. The average Bonchev–Trinajstić information content (AvgIpc) is 2.59. The summed E-state index contributed by atoms with van der Waals surface area (Å²) in [5.41, 5.74) is 0.860. The van der Waals surface area contributed by atoms with Gasteiger partial charge in [-0.2, -0.15) is 5.26 Å². The number of hydrogen-bond acceptors (Lipinski definition) is 3. The fraction of sp³-hybridized carbons (Fsp3) is 0.526. The number of allylic oxidation sites excluding steroid dienone is 2. The summed E-state index contributed by atoms with van der Waals surface area (Å²) < 4.78 is 46.3. The number of rotatable bonds is 6. The molecule has 0 spiro atoms. The number of ether oxygens (including phenoxy) is 2. The molecule has 0 N–H and O–H groups in total. The van der Waals surface area contributed by atoms with Crippen molar-refractivity contribution in [3.63, 3.8) is 0 Å². The van der Waals surface area contributed by atoms with Gasteiger partial charge in [0.1, 0.15) is 5.75 Å². The van der Waals surface area contributed by atoms with Gasteiger partial charge in [-0.3, -0.25) is 0 Å². The first-order chi connectivity index (χ1) is 11.9. The molecule has 1 saturated carbocycles. The SMILES string of the molecule is COC1(CCC=CC#N)CCC(c2ccc(OC(F)(F)F)cc2)CC1. The van der Waals surface area contributed by atoms with Gasteiger partial charge in [0, 0.05) is 13.2 Å². The number of nitriles is 1. The van der Waals surface area contributed by atoms with Gasteiger partial charge in [0.15, 0.2) is 0 Å². The highest BCUT2D eigenvalue weighted by molar-refractivity contribution is 5.30.